The number of carbonyl (C=O) groups excluding carboxylic acids is 2. The van der Waals surface area contributed by atoms with Crippen LogP contribution >= 0.6 is 11.6 Å². The van der Waals surface area contributed by atoms with Gasteiger partial charge in [0.15, 0.2) is 11.6 Å². The molecule has 1 N–H and O–H groups in total. The van der Waals surface area contributed by atoms with Crippen LogP contribution in [0, 0.1) is 0 Å². The Labute approximate surface area is 166 Å². The van der Waals surface area contributed by atoms with Crippen LogP contribution in [0.5, 0.6) is 5.75 Å². The number of hydrogen-bond acceptors (Lipinski definition) is 4. The zero-order chi connectivity index (χ0) is 20.1. The van der Waals surface area contributed by atoms with Gasteiger partial charge in [0.25, 0.3) is 5.56 Å². The van der Waals surface area contributed by atoms with Crippen molar-refractivity contribution < 1.29 is 14.3 Å². The molecule has 0 saturated heterocycles. The van der Waals surface area contributed by atoms with Crippen LogP contribution in [0.1, 0.15) is 29.3 Å². The summed E-state index contributed by atoms with van der Waals surface area (Å²) in [5, 5.41) is 1.15. The Morgan fingerprint density at radius 2 is 1.86 bits per heavy atom. The molecule has 0 bridgehead atoms. The molecule has 0 aliphatic heterocycles. The minimum absolute atomic E-state index is 0.0439. The first kappa shape index (κ1) is 19.6. The van der Waals surface area contributed by atoms with Crippen LogP contribution in [0.2, 0.25) is 5.02 Å². The fraction of sp³-hybridized carbons (Fsp3) is 0.136. The van der Waals surface area contributed by atoms with Crippen LogP contribution in [-0.4, -0.2) is 23.2 Å². The number of H-pyrrole nitrogens is 1. The van der Waals surface area contributed by atoms with E-state index >= 15 is 0 Å². The monoisotopic (exact) mass is 395 g/mol. The fourth-order valence-corrected chi connectivity index (χ4v) is 2.90. The summed E-state index contributed by atoms with van der Waals surface area (Å²) in [6.45, 7) is 2.48. The van der Waals surface area contributed by atoms with Crippen LogP contribution in [0.25, 0.3) is 17.0 Å². The third-order valence-corrected chi connectivity index (χ3v) is 4.33. The van der Waals surface area contributed by atoms with Crippen molar-refractivity contribution >= 4 is 40.1 Å². The van der Waals surface area contributed by atoms with Crippen molar-refractivity contribution in [1.29, 1.82) is 0 Å². The number of rotatable bonds is 7. The summed E-state index contributed by atoms with van der Waals surface area (Å²) in [7, 11) is 0. The quantitative estimate of drug-likeness (QED) is 0.364. The predicted octanol–water partition coefficient (Wildman–Crippen LogP) is 4.44. The topological polar surface area (TPSA) is 76.2 Å². The van der Waals surface area contributed by atoms with Gasteiger partial charge in [-0.3, -0.25) is 14.4 Å². The third-order valence-electron chi connectivity index (χ3n) is 4.10. The van der Waals surface area contributed by atoms with Gasteiger partial charge in [-0.25, -0.2) is 0 Å². The second-order valence-corrected chi connectivity index (χ2v) is 6.58. The molecule has 0 amide bonds. The number of fused-ring (bicyclic) bond motifs is 1. The maximum atomic E-state index is 12.4. The number of carbonyl (C=O) groups is 2. The highest BCUT2D eigenvalue weighted by molar-refractivity contribution is 6.31. The largest absolute Gasteiger partial charge is 0.494 e. The van der Waals surface area contributed by atoms with Gasteiger partial charge in [-0.2, -0.15) is 0 Å². The van der Waals surface area contributed by atoms with Crippen molar-refractivity contribution in [2.24, 2.45) is 0 Å². The summed E-state index contributed by atoms with van der Waals surface area (Å²) in [6.07, 6.45) is 2.58. The molecule has 3 rings (SSSR count). The first-order chi connectivity index (χ1) is 13.5. The van der Waals surface area contributed by atoms with Crippen LogP contribution in [-0.2, 0) is 4.79 Å². The number of halogens is 1. The van der Waals surface area contributed by atoms with Gasteiger partial charge in [-0.1, -0.05) is 35.9 Å². The van der Waals surface area contributed by atoms with Crippen LogP contribution < -0.4 is 10.3 Å². The van der Waals surface area contributed by atoms with Gasteiger partial charge in [-0.05, 0) is 54.3 Å². The Morgan fingerprint density at radius 3 is 2.57 bits per heavy atom. The molecule has 0 unspecified atom stereocenters. The highest BCUT2D eigenvalue weighted by Gasteiger charge is 2.15. The van der Waals surface area contributed by atoms with E-state index in [1.54, 1.807) is 36.4 Å². The van der Waals surface area contributed by atoms with E-state index in [-0.39, 0.29) is 17.8 Å². The van der Waals surface area contributed by atoms with E-state index in [0.717, 1.165) is 11.3 Å². The van der Waals surface area contributed by atoms with Crippen LogP contribution in [0.15, 0.2) is 59.4 Å². The SMILES string of the molecule is CCOc1ccc(/C=C\C(=O)CC(=O)c2cc3ccc(Cl)cc3[nH]c2=O)cc1. The van der Waals surface area contributed by atoms with E-state index in [2.05, 4.69) is 4.98 Å². The van der Waals surface area contributed by atoms with Gasteiger partial charge in [0.2, 0.25) is 0 Å². The molecular weight excluding hydrogens is 378 g/mol. The number of ketones is 2. The molecule has 0 radical (unpaired) electrons. The summed E-state index contributed by atoms with van der Waals surface area (Å²) in [4.78, 5) is 39.3. The molecule has 0 aliphatic rings. The van der Waals surface area contributed by atoms with Crippen LogP contribution in [0.3, 0.4) is 0 Å². The van der Waals surface area contributed by atoms with Gasteiger partial charge in [0.05, 0.1) is 18.6 Å². The molecule has 0 aliphatic carbocycles. The number of aromatic nitrogens is 1. The molecule has 0 fully saturated rings. The van der Waals surface area contributed by atoms with E-state index < -0.39 is 11.3 Å². The lowest BCUT2D eigenvalue weighted by molar-refractivity contribution is -0.113. The summed E-state index contributed by atoms with van der Waals surface area (Å²) in [5.74, 6) is -0.160. The minimum Gasteiger partial charge on any atom is -0.494 e. The van der Waals surface area contributed by atoms with Gasteiger partial charge >= 0.3 is 0 Å². The van der Waals surface area contributed by atoms with Crippen molar-refractivity contribution in [3.8, 4) is 5.75 Å². The Bertz CT molecular complexity index is 1110. The second-order valence-electron chi connectivity index (χ2n) is 6.15. The summed E-state index contributed by atoms with van der Waals surface area (Å²) in [6, 6.07) is 13.7. The van der Waals surface area contributed by atoms with Gasteiger partial charge in [-0.15, -0.1) is 0 Å². The van der Waals surface area contributed by atoms with Crippen molar-refractivity contribution in [2.75, 3.05) is 6.61 Å². The first-order valence-corrected chi connectivity index (χ1v) is 9.13. The number of ether oxygens (including phenoxy) is 1. The second kappa shape index (κ2) is 8.67. The molecule has 1 aromatic heterocycles. The molecular formula is C22H18ClNO4. The lowest BCUT2D eigenvalue weighted by Crippen LogP contribution is -2.19. The zero-order valence-corrected chi connectivity index (χ0v) is 16.0. The third kappa shape index (κ3) is 4.75. The Balaban J connectivity index is 1.71. The maximum absolute atomic E-state index is 12.4. The number of nitrogens with one attached hydrogen (secondary N) is 1. The molecule has 0 atom stereocenters. The highest BCUT2D eigenvalue weighted by Crippen LogP contribution is 2.18. The Morgan fingerprint density at radius 1 is 1.11 bits per heavy atom. The molecule has 6 heteroatoms. The van der Waals surface area contributed by atoms with Crippen molar-refractivity contribution in [2.45, 2.75) is 13.3 Å². The van der Waals surface area contributed by atoms with Gasteiger partial charge in [0, 0.05) is 10.5 Å². The number of aromatic amines is 1. The lowest BCUT2D eigenvalue weighted by atomic mass is 10.0. The number of allylic oxidation sites excluding steroid dienone is 1. The summed E-state index contributed by atoms with van der Waals surface area (Å²) < 4.78 is 5.36. The number of Topliss-reactive ketones (excluding diaryl/α,β-unsaturated/α-hetero) is 1. The molecule has 28 heavy (non-hydrogen) atoms. The average Bonchev–Trinajstić information content (AvgIpc) is 2.67. The van der Waals surface area contributed by atoms with E-state index in [1.165, 1.54) is 12.1 Å². The smallest absolute Gasteiger partial charge is 0.259 e. The minimum atomic E-state index is -0.539. The average molecular weight is 396 g/mol. The summed E-state index contributed by atoms with van der Waals surface area (Å²) >= 11 is 5.90. The molecule has 5 nitrogen and oxygen atoms in total. The van der Waals surface area contributed by atoms with Crippen LogP contribution in [0.4, 0.5) is 0 Å². The molecule has 2 aromatic carbocycles. The molecule has 0 saturated carbocycles. The number of hydrogen-bond donors (Lipinski definition) is 1. The molecule has 142 valence electrons. The first-order valence-electron chi connectivity index (χ1n) is 8.76. The maximum Gasteiger partial charge on any atom is 0.259 e. The van der Waals surface area contributed by atoms with Gasteiger partial charge in [0.1, 0.15) is 5.75 Å². The normalized spacial score (nSPS) is 11.1. The summed E-state index contributed by atoms with van der Waals surface area (Å²) in [5.41, 5.74) is 0.765. The zero-order valence-electron chi connectivity index (χ0n) is 15.2. The van der Waals surface area contributed by atoms with Crippen molar-refractivity contribution in [1.82, 2.24) is 4.98 Å². The predicted molar refractivity (Wildman–Crippen MR) is 110 cm³/mol. The number of benzene rings is 2. The van der Waals surface area contributed by atoms with E-state index in [1.807, 2.05) is 19.1 Å². The van der Waals surface area contributed by atoms with E-state index in [9.17, 15) is 14.4 Å². The standard InChI is InChI=1S/C22H18ClNO4/c1-2-28-18-9-4-14(5-10-18)3-8-17(25)13-21(26)19-11-15-6-7-16(23)12-20(15)24-22(19)27/h3-12H,2,13H2,1H3,(H,24,27)/b8-3-. The van der Waals surface area contributed by atoms with Gasteiger partial charge < -0.3 is 9.72 Å². The molecule has 0 spiro atoms. The Kier molecular flexibility index (Phi) is 6.06. The van der Waals surface area contributed by atoms with E-state index in [0.29, 0.717) is 22.5 Å². The Hall–Kier alpha value is -3.18. The number of pyridine rings is 1. The lowest BCUT2D eigenvalue weighted by Gasteiger charge is -2.03. The van der Waals surface area contributed by atoms with Crippen molar-refractivity contribution in [3.05, 3.63) is 81.1 Å². The highest BCUT2D eigenvalue weighted by atomic mass is 35.5. The fourth-order valence-electron chi connectivity index (χ4n) is 2.72. The van der Waals surface area contributed by atoms with E-state index in [4.69, 9.17) is 16.3 Å². The molecule has 3 aromatic rings. The van der Waals surface area contributed by atoms with Crippen molar-refractivity contribution in [3.63, 3.8) is 0 Å². The molecule has 1 heterocycles.